The van der Waals surface area contributed by atoms with Gasteiger partial charge in [-0.25, -0.2) is 0 Å². The Hall–Kier alpha value is -2.14. The highest BCUT2D eigenvalue weighted by Gasteiger charge is 2.26. The average molecular weight is 288 g/mol. The molecular weight excluding hydrogens is 268 g/mol. The van der Waals surface area contributed by atoms with Crippen LogP contribution in [0.4, 0.5) is 0 Å². The fourth-order valence-electron chi connectivity index (χ4n) is 2.37. The number of carbonyl (C=O) groups excluding carboxylic acids is 2. The van der Waals surface area contributed by atoms with Crippen LogP contribution in [0.2, 0.25) is 0 Å². The molecule has 0 aliphatic heterocycles. The lowest BCUT2D eigenvalue weighted by atomic mass is 9.94. The van der Waals surface area contributed by atoms with Gasteiger partial charge < -0.3 is 15.5 Å². The molecule has 0 unspecified atom stereocenters. The Morgan fingerprint density at radius 2 is 2.14 bits per heavy atom. The van der Waals surface area contributed by atoms with Crippen LogP contribution in [0.1, 0.15) is 25.8 Å². The molecule has 5 nitrogen and oxygen atoms in total. The first-order valence-electron chi connectivity index (χ1n) is 6.88. The maximum atomic E-state index is 12.2. The first-order valence-corrected chi connectivity index (χ1v) is 6.88. The number of fused-ring (bicyclic) bond motifs is 1. The van der Waals surface area contributed by atoms with Crippen molar-refractivity contribution in [3.05, 3.63) is 36.0 Å². The lowest BCUT2D eigenvalue weighted by Gasteiger charge is -2.23. The molecule has 2 aromatic rings. The molecule has 0 saturated carbocycles. The Balaban J connectivity index is 2.05. The van der Waals surface area contributed by atoms with Gasteiger partial charge in [0.1, 0.15) is 5.60 Å². The van der Waals surface area contributed by atoms with E-state index in [-0.39, 0.29) is 12.2 Å². The fraction of sp³-hybridized carbons (Fsp3) is 0.375. The van der Waals surface area contributed by atoms with Gasteiger partial charge in [0.2, 0.25) is 0 Å². The van der Waals surface area contributed by atoms with Crippen molar-refractivity contribution >= 4 is 23.2 Å². The molecule has 1 atom stereocenters. The van der Waals surface area contributed by atoms with Gasteiger partial charge in [-0.2, -0.15) is 0 Å². The number of carbonyl (C=O) groups is 2. The molecule has 112 valence electrons. The van der Waals surface area contributed by atoms with Crippen molar-refractivity contribution in [3.8, 4) is 0 Å². The minimum absolute atomic E-state index is 0.106. The van der Waals surface area contributed by atoms with Gasteiger partial charge in [0.25, 0.3) is 6.47 Å². The van der Waals surface area contributed by atoms with E-state index >= 15 is 0 Å². The molecule has 0 fully saturated rings. The van der Waals surface area contributed by atoms with Crippen molar-refractivity contribution in [3.63, 3.8) is 0 Å². The maximum Gasteiger partial charge on any atom is 0.293 e. The number of Topliss-reactive ketones (excluding diaryl/α,β-unsaturated/α-hetero) is 1. The van der Waals surface area contributed by atoms with Crippen LogP contribution in [0.5, 0.6) is 0 Å². The first kappa shape index (κ1) is 15.3. The summed E-state index contributed by atoms with van der Waals surface area (Å²) in [6.45, 7) is 3.74. The summed E-state index contributed by atoms with van der Waals surface area (Å²) in [7, 11) is 0. The second-order valence-electron chi connectivity index (χ2n) is 5.79. The molecule has 0 saturated heterocycles. The van der Waals surface area contributed by atoms with Crippen LogP contribution in [0.25, 0.3) is 10.9 Å². The van der Waals surface area contributed by atoms with E-state index in [1.54, 1.807) is 13.8 Å². The first-order chi connectivity index (χ1) is 9.93. The Morgan fingerprint density at radius 3 is 2.86 bits per heavy atom. The van der Waals surface area contributed by atoms with Crippen molar-refractivity contribution in [2.24, 2.45) is 5.73 Å². The molecule has 0 aliphatic carbocycles. The van der Waals surface area contributed by atoms with Crippen LogP contribution in [-0.2, 0) is 20.7 Å². The second kappa shape index (κ2) is 6.10. The normalized spacial score (nSPS) is 13.1. The summed E-state index contributed by atoms with van der Waals surface area (Å²) in [5.74, 6) is -0.118. The molecule has 21 heavy (non-hydrogen) atoms. The molecular formula is C16H20N2O3. The second-order valence-corrected chi connectivity index (χ2v) is 5.79. The van der Waals surface area contributed by atoms with Crippen LogP contribution < -0.4 is 5.73 Å². The lowest BCUT2D eigenvalue weighted by molar-refractivity contribution is -0.143. The number of nitrogens with two attached hydrogens (primary N) is 1. The number of rotatable bonds is 7. The Morgan fingerprint density at radius 1 is 1.43 bits per heavy atom. The zero-order valence-corrected chi connectivity index (χ0v) is 12.3. The fourth-order valence-corrected chi connectivity index (χ4v) is 2.37. The summed E-state index contributed by atoms with van der Waals surface area (Å²) in [4.78, 5) is 25.7. The van der Waals surface area contributed by atoms with Crippen LogP contribution >= 0.6 is 0 Å². The molecule has 2 rings (SSSR count). The van der Waals surface area contributed by atoms with E-state index in [0.29, 0.717) is 12.9 Å². The van der Waals surface area contributed by atoms with Crippen molar-refractivity contribution in [1.29, 1.82) is 0 Å². The SMILES string of the molecule is CC(C)(CC(=O)[C@@H](N)Cc1c[nH]c2ccccc12)OC=O. The van der Waals surface area contributed by atoms with E-state index in [4.69, 9.17) is 10.5 Å². The van der Waals surface area contributed by atoms with Crippen molar-refractivity contribution in [2.45, 2.75) is 38.3 Å². The van der Waals surface area contributed by atoms with Gasteiger partial charge in [0.05, 0.1) is 6.04 Å². The number of ketones is 1. The summed E-state index contributed by atoms with van der Waals surface area (Å²) >= 11 is 0. The van der Waals surface area contributed by atoms with Gasteiger partial charge in [-0.3, -0.25) is 9.59 Å². The van der Waals surface area contributed by atoms with Gasteiger partial charge >= 0.3 is 0 Å². The highest BCUT2D eigenvalue weighted by atomic mass is 16.5. The number of aromatic nitrogens is 1. The molecule has 3 N–H and O–H groups in total. The molecule has 0 spiro atoms. The standard InChI is InChI=1S/C16H20N2O3/c1-16(2,21-10-19)8-15(20)13(17)7-11-9-18-14-6-4-3-5-12(11)14/h3-6,9-10,13,18H,7-8,17H2,1-2H3/t13-/m0/s1. The van der Waals surface area contributed by atoms with E-state index in [2.05, 4.69) is 4.98 Å². The predicted molar refractivity (Wildman–Crippen MR) is 80.8 cm³/mol. The summed E-state index contributed by atoms with van der Waals surface area (Å²) < 4.78 is 4.89. The van der Waals surface area contributed by atoms with E-state index < -0.39 is 11.6 Å². The Kier molecular flexibility index (Phi) is 4.43. The number of nitrogens with one attached hydrogen (secondary N) is 1. The predicted octanol–water partition coefficient (Wildman–Crippen LogP) is 1.95. The zero-order chi connectivity index (χ0) is 15.5. The van der Waals surface area contributed by atoms with E-state index in [1.165, 1.54) is 0 Å². The third-order valence-corrected chi connectivity index (χ3v) is 3.50. The van der Waals surface area contributed by atoms with Crippen LogP contribution in [0.3, 0.4) is 0 Å². The van der Waals surface area contributed by atoms with Gasteiger partial charge in [0, 0.05) is 23.5 Å². The molecule has 5 heteroatoms. The van der Waals surface area contributed by atoms with Gasteiger partial charge in [0.15, 0.2) is 5.78 Å². The van der Waals surface area contributed by atoms with Gasteiger partial charge in [-0.15, -0.1) is 0 Å². The summed E-state index contributed by atoms with van der Waals surface area (Å²) in [5.41, 5.74) is 7.21. The molecule has 0 amide bonds. The largest absolute Gasteiger partial charge is 0.461 e. The summed E-state index contributed by atoms with van der Waals surface area (Å²) in [6, 6.07) is 7.27. The number of benzene rings is 1. The monoisotopic (exact) mass is 288 g/mol. The van der Waals surface area contributed by atoms with Crippen molar-refractivity contribution < 1.29 is 14.3 Å². The van der Waals surface area contributed by atoms with Crippen LogP contribution in [-0.4, -0.2) is 28.9 Å². The third kappa shape index (κ3) is 3.70. The van der Waals surface area contributed by atoms with Gasteiger partial charge in [-0.1, -0.05) is 18.2 Å². The number of hydrogen-bond acceptors (Lipinski definition) is 4. The van der Waals surface area contributed by atoms with Crippen molar-refractivity contribution in [2.75, 3.05) is 0 Å². The Bertz CT molecular complexity index is 646. The van der Waals surface area contributed by atoms with Crippen molar-refractivity contribution in [1.82, 2.24) is 4.98 Å². The molecule has 1 aromatic heterocycles. The van der Waals surface area contributed by atoms with E-state index in [0.717, 1.165) is 16.5 Å². The number of aromatic amines is 1. The smallest absolute Gasteiger partial charge is 0.293 e. The zero-order valence-electron chi connectivity index (χ0n) is 12.3. The minimum atomic E-state index is -0.823. The summed E-state index contributed by atoms with van der Waals surface area (Å²) in [5, 5.41) is 1.07. The van der Waals surface area contributed by atoms with E-state index in [1.807, 2.05) is 30.5 Å². The molecule has 1 aromatic carbocycles. The van der Waals surface area contributed by atoms with Gasteiger partial charge in [-0.05, 0) is 31.9 Å². The molecule has 0 aliphatic rings. The quantitative estimate of drug-likeness (QED) is 0.763. The summed E-state index contributed by atoms with van der Waals surface area (Å²) in [6.07, 6.45) is 2.44. The number of H-pyrrole nitrogens is 1. The molecule has 0 bridgehead atoms. The average Bonchev–Trinajstić information content (AvgIpc) is 2.81. The topological polar surface area (TPSA) is 85.2 Å². The third-order valence-electron chi connectivity index (χ3n) is 3.50. The highest BCUT2D eigenvalue weighted by molar-refractivity contribution is 5.87. The Labute approximate surface area is 123 Å². The minimum Gasteiger partial charge on any atom is -0.461 e. The lowest BCUT2D eigenvalue weighted by Crippen LogP contribution is -2.38. The van der Waals surface area contributed by atoms with Crippen LogP contribution in [0, 0.1) is 0 Å². The number of ether oxygens (including phenoxy) is 1. The maximum absolute atomic E-state index is 12.2. The number of hydrogen-bond donors (Lipinski definition) is 2. The highest BCUT2D eigenvalue weighted by Crippen LogP contribution is 2.20. The van der Waals surface area contributed by atoms with Crippen LogP contribution in [0.15, 0.2) is 30.5 Å². The molecule has 0 radical (unpaired) electrons. The van der Waals surface area contributed by atoms with E-state index in [9.17, 15) is 9.59 Å². The molecule has 1 heterocycles. The number of para-hydroxylation sites is 1.